The molecule has 4 nitrogen and oxygen atoms in total. The zero-order valence-electron chi connectivity index (χ0n) is 15.5. The van der Waals surface area contributed by atoms with E-state index in [9.17, 15) is 5.21 Å². The maximum atomic E-state index is 10.9. The molecule has 2 saturated heterocycles. The average molecular weight is 313 g/mol. The SMILES string of the molecule is CCC1(C)COC2(CC(C)(CC)N(O)C(C)(CC)C2C)OC1. The van der Waals surface area contributed by atoms with Gasteiger partial charge in [-0.15, -0.1) is 0 Å². The van der Waals surface area contributed by atoms with Gasteiger partial charge in [0.2, 0.25) is 0 Å². The zero-order valence-corrected chi connectivity index (χ0v) is 15.5. The quantitative estimate of drug-likeness (QED) is 0.847. The van der Waals surface area contributed by atoms with Crippen LogP contribution < -0.4 is 0 Å². The van der Waals surface area contributed by atoms with Crippen LogP contribution in [0.25, 0.3) is 0 Å². The number of piperidine rings is 1. The molecule has 0 aromatic heterocycles. The summed E-state index contributed by atoms with van der Waals surface area (Å²) >= 11 is 0. The Balaban J connectivity index is 2.36. The molecule has 1 spiro atoms. The maximum Gasteiger partial charge on any atom is 0.174 e. The first-order valence-corrected chi connectivity index (χ1v) is 8.88. The van der Waals surface area contributed by atoms with Gasteiger partial charge in [0.25, 0.3) is 0 Å². The molecule has 22 heavy (non-hydrogen) atoms. The number of rotatable bonds is 3. The molecule has 2 aliphatic heterocycles. The molecule has 1 N–H and O–H groups in total. The van der Waals surface area contributed by atoms with Gasteiger partial charge in [0.1, 0.15) is 0 Å². The lowest BCUT2D eigenvalue weighted by Crippen LogP contribution is -2.73. The highest BCUT2D eigenvalue weighted by molar-refractivity contribution is 5.08. The number of hydrogen-bond acceptors (Lipinski definition) is 4. The summed E-state index contributed by atoms with van der Waals surface area (Å²) in [5.74, 6) is -0.472. The van der Waals surface area contributed by atoms with Crippen LogP contribution in [0.2, 0.25) is 0 Å². The Kier molecular flexibility index (Phi) is 4.73. The molecule has 2 fully saturated rings. The second-order valence-corrected chi connectivity index (χ2v) is 8.32. The molecule has 0 saturated carbocycles. The summed E-state index contributed by atoms with van der Waals surface area (Å²) in [6.45, 7) is 16.6. The minimum absolute atomic E-state index is 0.104. The second kappa shape index (κ2) is 5.73. The smallest absolute Gasteiger partial charge is 0.174 e. The van der Waals surface area contributed by atoms with E-state index in [0.717, 1.165) is 32.5 Å². The Morgan fingerprint density at radius 2 is 1.55 bits per heavy atom. The van der Waals surface area contributed by atoms with Crippen LogP contribution in [-0.2, 0) is 9.47 Å². The van der Waals surface area contributed by atoms with E-state index in [-0.39, 0.29) is 22.4 Å². The van der Waals surface area contributed by atoms with E-state index in [1.54, 1.807) is 5.06 Å². The fraction of sp³-hybridized carbons (Fsp3) is 1.00. The molecular formula is C18H35NO3. The summed E-state index contributed by atoms with van der Waals surface area (Å²) in [5.41, 5.74) is -0.563. The van der Waals surface area contributed by atoms with Gasteiger partial charge in [-0.25, -0.2) is 0 Å². The topological polar surface area (TPSA) is 41.9 Å². The largest absolute Gasteiger partial charge is 0.349 e. The van der Waals surface area contributed by atoms with Crippen molar-refractivity contribution in [1.29, 1.82) is 0 Å². The van der Waals surface area contributed by atoms with Crippen LogP contribution in [0, 0.1) is 11.3 Å². The lowest BCUT2D eigenvalue weighted by atomic mass is 9.67. The van der Waals surface area contributed by atoms with E-state index >= 15 is 0 Å². The standard InChI is InChI=1S/C18H35NO3/c1-8-15(5)12-21-18(22-13-15)11-16(6,9-2)19(20)17(7,10-3)14(18)4/h14,20H,8-13H2,1-7H3. The summed E-state index contributed by atoms with van der Waals surface area (Å²) in [6.07, 6.45) is 3.49. The van der Waals surface area contributed by atoms with E-state index in [1.807, 2.05) is 0 Å². The van der Waals surface area contributed by atoms with Gasteiger partial charge >= 0.3 is 0 Å². The fourth-order valence-corrected chi connectivity index (χ4v) is 4.00. The molecule has 3 atom stereocenters. The normalized spacial score (nSPS) is 50.5. The number of nitrogens with zero attached hydrogens (tertiary/aromatic N) is 1. The summed E-state index contributed by atoms with van der Waals surface area (Å²) in [5, 5.41) is 12.5. The van der Waals surface area contributed by atoms with E-state index in [4.69, 9.17) is 9.47 Å². The van der Waals surface area contributed by atoms with Gasteiger partial charge in [0.15, 0.2) is 5.79 Å². The fourth-order valence-electron chi connectivity index (χ4n) is 4.00. The van der Waals surface area contributed by atoms with Gasteiger partial charge in [-0.2, -0.15) is 5.06 Å². The van der Waals surface area contributed by atoms with E-state index in [2.05, 4.69) is 48.5 Å². The van der Waals surface area contributed by atoms with Crippen LogP contribution >= 0.6 is 0 Å². The molecule has 3 unspecified atom stereocenters. The molecule has 0 radical (unpaired) electrons. The molecular weight excluding hydrogens is 278 g/mol. The molecule has 0 aliphatic carbocycles. The number of ether oxygens (including phenoxy) is 2. The molecule has 2 heterocycles. The zero-order chi connectivity index (χ0) is 16.8. The van der Waals surface area contributed by atoms with Crippen molar-refractivity contribution >= 4 is 0 Å². The van der Waals surface area contributed by atoms with Crippen molar-refractivity contribution in [2.45, 2.75) is 91.0 Å². The van der Waals surface area contributed by atoms with Crippen LogP contribution in [-0.4, -0.2) is 40.3 Å². The van der Waals surface area contributed by atoms with Gasteiger partial charge in [0.05, 0.1) is 18.8 Å². The third-order valence-corrected chi connectivity index (χ3v) is 6.88. The predicted octanol–water partition coefficient (Wildman–Crippen LogP) is 4.21. The molecule has 0 aromatic carbocycles. The molecule has 130 valence electrons. The van der Waals surface area contributed by atoms with Crippen molar-refractivity contribution in [2.24, 2.45) is 11.3 Å². The first-order chi connectivity index (χ1) is 10.1. The van der Waals surface area contributed by atoms with Crippen LogP contribution in [0.1, 0.15) is 74.1 Å². The second-order valence-electron chi connectivity index (χ2n) is 8.32. The number of hydroxylamine groups is 2. The molecule has 2 rings (SSSR count). The van der Waals surface area contributed by atoms with Crippen LogP contribution in [0.5, 0.6) is 0 Å². The Labute approximate surface area is 136 Å². The highest BCUT2D eigenvalue weighted by Gasteiger charge is 2.62. The van der Waals surface area contributed by atoms with Gasteiger partial charge in [-0.05, 0) is 33.1 Å². The van der Waals surface area contributed by atoms with Gasteiger partial charge in [-0.3, -0.25) is 0 Å². The number of hydrogen-bond donors (Lipinski definition) is 1. The van der Waals surface area contributed by atoms with Crippen molar-refractivity contribution in [3.63, 3.8) is 0 Å². The summed E-state index contributed by atoms with van der Waals surface area (Å²) < 4.78 is 12.8. The average Bonchev–Trinajstić information content (AvgIpc) is 2.54. The van der Waals surface area contributed by atoms with E-state index in [0.29, 0.717) is 6.42 Å². The van der Waals surface area contributed by atoms with Crippen LogP contribution in [0.3, 0.4) is 0 Å². The molecule has 0 aromatic rings. The first-order valence-electron chi connectivity index (χ1n) is 8.88. The van der Waals surface area contributed by atoms with Crippen molar-refractivity contribution in [3.05, 3.63) is 0 Å². The third kappa shape index (κ3) is 2.52. The van der Waals surface area contributed by atoms with Crippen molar-refractivity contribution in [1.82, 2.24) is 5.06 Å². The molecule has 0 amide bonds. The van der Waals surface area contributed by atoms with Crippen molar-refractivity contribution in [3.8, 4) is 0 Å². The molecule has 4 heteroatoms. The Bertz CT molecular complexity index is 405. The van der Waals surface area contributed by atoms with Crippen LogP contribution in [0.15, 0.2) is 0 Å². The van der Waals surface area contributed by atoms with Gasteiger partial charge in [-0.1, -0.05) is 34.6 Å². The minimum atomic E-state index is -0.580. The third-order valence-electron chi connectivity index (χ3n) is 6.88. The molecule has 2 aliphatic rings. The monoisotopic (exact) mass is 313 g/mol. The summed E-state index contributed by atoms with van der Waals surface area (Å²) in [7, 11) is 0. The lowest BCUT2D eigenvalue weighted by Gasteiger charge is -2.63. The molecule has 0 bridgehead atoms. The van der Waals surface area contributed by atoms with Gasteiger partial charge in [0, 0.05) is 23.3 Å². The van der Waals surface area contributed by atoms with Crippen LogP contribution in [0.4, 0.5) is 0 Å². The predicted molar refractivity (Wildman–Crippen MR) is 87.8 cm³/mol. The van der Waals surface area contributed by atoms with Gasteiger partial charge < -0.3 is 14.7 Å². The first kappa shape index (κ1) is 18.2. The maximum absolute atomic E-state index is 10.9. The van der Waals surface area contributed by atoms with Crippen molar-refractivity contribution in [2.75, 3.05) is 13.2 Å². The van der Waals surface area contributed by atoms with E-state index < -0.39 is 5.79 Å². The van der Waals surface area contributed by atoms with Crippen molar-refractivity contribution < 1.29 is 14.7 Å². The minimum Gasteiger partial charge on any atom is -0.349 e. The summed E-state index contributed by atoms with van der Waals surface area (Å²) in [4.78, 5) is 0. The highest BCUT2D eigenvalue weighted by atomic mass is 16.7. The van der Waals surface area contributed by atoms with E-state index in [1.165, 1.54) is 0 Å². The Hall–Kier alpha value is -0.160. The summed E-state index contributed by atoms with van der Waals surface area (Å²) in [6, 6.07) is 0. The Morgan fingerprint density at radius 3 is 1.95 bits per heavy atom. The highest BCUT2D eigenvalue weighted by Crippen LogP contribution is 2.53. The Morgan fingerprint density at radius 1 is 1.00 bits per heavy atom. The lowest BCUT2D eigenvalue weighted by molar-refractivity contribution is -0.400.